The van der Waals surface area contributed by atoms with Crippen molar-refractivity contribution in [1.82, 2.24) is 5.32 Å². The van der Waals surface area contributed by atoms with Crippen molar-refractivity contribution in [3.63, 3.8) is 0 Å². The summed E-state index contributed by atoms with van der Waals surface area (Å²) in [5, 5.41) is 4.09. The highest BCUT2D eigenvalue weighted by atomic mass is 35.5. The Morgan fingerprint density at radius 1 is 1.24 bits per heavy atom. The van der Waals surface area contributed by atoms with Gasteiger partial charge in [0.25, 0.3) is 0 Å². The number of hydrogen-bond acceptors (Lipinski definition) is 3. The standard InChI is InChI=1S/C17H18ClNO2/c1-19-16(13-5-3-4-6-15(13)20-2)14-10-12(18)9-11-7-8-21-17(11)14/h3-6,9-10,16,19H,7-8H2,1-2H3. The molecule has 0 amide bonds. The lowest BCUT2D eigenvalue weighted by Gasteiger charge is -2.22. The summed E-state index contributed by atoms with van der Waals surface area (Å²) in [6.07, 6.45) is 0.908. The average molecular weight is 304 g/mol. The van der Waals surface area contributed by atoms with Crippen LogP contribution in [-0.4, -0.2) is 20.8 Å². The van der Waals surface area contributed by atoms with Crippen LogP contribution in [0.3, 0.4) is 0 Å². The van der Waals surface area contributed by atoms with Crippen LogP contribution < -0.4 is 14.8 Å². The lowest BCUT2D eigenvalue weighted by atomic mass is 9.95. The van der Waals surface area contributed by atoms with E-state index in [9.17, 15) is 0 Å². The lowest BCUT2D eigenvalue weighted by Crippen LogP contribution is -2.19. The summed E-state index contributed by atoms with van der Waals surface area (Å²) in [4.78, 5) is 0. The van der Waals surface area contributed by atoms with Crippen molar-refractivity contribution in [2.75, 3.05) is 20.8 Å². The molecule has 0 aromatic heterocycles. The number of hydrogen-bond donors (Lipinski definition) is 1. The van der Waals surface area contributed by atoms with Crippen molar-refractivity contribution in [1.29, 1.82) is 0 Å². The third-order valence-electron chi connectivity index (χ3n) is 3.83. The van der Waals surface area contributed by atoms with Gasteiger partial charge in [-0.05, 0) is 30.8 Å². The first kappa shape index (κ1) is 14.2. The van der Waals surface area contributed by atoms with Gasteiger partial charge in [0.05, 0.1) is 19.8 Å². The molecule has 2 aromatic carbocycles. The Hall–Kier alpha value is -1.71. The molecule has 3 nitrogen and oxygen atoms in total. The minimum absolute atomic E-state index is 0.0216. The summed E-state index contributed by atoms with van der Waals surface area (Å²) >= 11 is 6.28. The maximum absolute atomic E-state index is 6.28. The van der Waals surface area contributed by atoms with Crippen LogP contribution in [0.5, 0.6) is 11.5 Å². The number of rotatable bonds is 4. The fourth-order valence-corrected chi connectivity index (χ4v) is 3.15. The molecule has 0 saturated heterocycles. The first-order valence-corrected chi connectivity index (χ1v) is 7.37. The van der Waals surface area contributed by atoms with E-state index in [0.29, 0.717) is 6.61 Å². The molecule has 3 rings (SSSR count). The van der Waals surface area contributed by atoms with Crippen LogP contribution in [-0.2, 0) is 6.42 Å². The molecule has 4 heteroatoms. The second-order valence-electron chi connectivity index (χ2n) is 5.05. The van der Waals surface area contributed by atoms with Crippen LogP contribution in [0.4, 0.5) is 0 Å². The van der Waals surface area contributed by atoms with E-state index in [4.69, 9.17) is 21.1 Å². The molecule has 110 valence electrons. The van der Waals surface area contributed by atoms with Crippen LogP contribution in [0.1, 0.15) is 22.7 Å². The van der Waals surface area contributed by atoms with E-state index in [1.54, 1.807) is 7.11 Å². The van der Waals surface area contributed by atoms with E-state index in [1.165, 1.54) is 5.56 Å². The van der Waals surface area contributed by atoms with Crippen LogP contribution in [0.15, 0.2) is 36.4 Å². The van der Waals surface area contributed by atoms with E-state index in [2.05, 4.69) is 11.4 Å². The number of fused-ring (bicyclic) bond motifs is 1. The van der Waals surface area contributed by atoms with Gasteiger partial charge in [-0.1, -0.05) is 29.8 Å². The Labute approximate surface area is 129 Å². The zero-order chi connectivity index (χ0) is 14.8. The molecule has 1 aliphatic heterocycles. The van der Waals surface area contributed by atoms with E-state index in [-0.39, 0.29) is 6.04 Å². The molecule has 0 spiro atoms. The Morgan fingerprint density at radius 3 is 2.81 bits per heavy atom. The normalized spacial score (nSPS) is 14.4. The predicted molar refractivity (Wildman–Crippen MR) is 84.5 cm³/mol. The molecule has 21 heavy (non-hydrogen) atoms. The average Bonchev–Trinajstić information content (AvgIpc) is 2.96. The van der Waals surface area contributed by atoms with Crippen molar-refractivity contribution >= 4 is 11.6 Å². The van der Waals surface area contributed by atoms with Crippen molar-refractivity contribution < 1.29 is 9.47 Å². The van der Waals surface area contributed by atoms with Gasteiger partial charge in [-0.25, -0.2) is 0 Å². The summed E-state index contributed by atoms with van der Waals surface area (Å²) in [6.45, 7) is 0.713. The molecular formula is C17H18ClNO2. The fraction of sp³-hybridized carbons (Fsp3) is 0.294. The molecule has 0 aliphatic carbocycles. The molecule has 1 aliphatic rings. The van der Waals surface area contributed by atoms with Gasteiger partial charge in [0.2, 0.25) is 0 Å². The van der Waals surface area contributed by atoms with Gasteiger partial charge in [0.1, 0.15) is 11.5 Å². The van der Waals surface area contributed by atoms with Crippen molar-refractivity contribution in [3.05, 3.63) is 58.1 Å². The number of benzene rings is 2. The monoisotopic (exact) mass is 303 g/mol. The molecule has 1 N–H and O–H groups in total. The smallest absolute Gasteiger partial charge is 0.127 e. The molecule has 0 fully saturated rings. The highest BCUT2D eigenvalue weighted by Gasteiger charge is 2.25. The van der Waals surface area contributed by atoms with E-state index >= 15 is 0 Å². The zero-order valence-corrected chi connectivity index (χ0v) is 12.9. The Bertz CT molecular complexity index is 657. The molecule has 1 unspecified atom stereocenters. The molecular weight excluding hydrogens is 286 g/mol. The third kappa shape index (κ3) is 2.59. The van der Waals surface area contributed by atoms with Gasteiger partial charge in [0, 0.05) is 22.6 Å². The van der Waals surface area contributed by atoms with Crippen molar-refractivity contribution in [2.24, 2.45) is 0 Å². The van der Waals surface area contributed by atoms with Gasteiger partial charge in [-0.15, -0.1) is 0 Å². The fourth-order valence-electron chi connectivity index (χ4n) is 2.90. The maximum atomic E-state index is 6.28. The summed E-state index contributed by atoms with van der Waals surface area (Å²) < 4.78 is 11.3. The third-order valence-corrected chi connectivity index (χ3v) is 4.04. The van der Waals surface area contributed by atoms with Gasteiger partial charge in [-0.3, -0.25) is 0 Å². The quantitative estimate of drug-likeness (QED) is 0.936. The van der Waals surface area contributed by atoms with Crippen LogP contribution in [0, 0.1) is 0 Å². The Morgan fingerprint density at radius 2 is 2.05 bits per heavy atom. The van der Waals surface area contributed by atoms with Gasteiger partial charge >= 0.3 is 0 Å². The van der Waals surface area contributed by atoms with Crippen LogP contribution >= 0.6 is 11.6 Å². The van der Waals surface area contributed by atoms with Crippen LogP contribution in [0.25, 0.3) is 0 Å². The van der Waals surface area contributed by atoms with E-state index in [0.717, 1.165) is 34.1 Å². The maximum Gasteiger partial charge on any atom is 0.127 e. The van der Waals surface area contributed by atoms with Gasteiger partial charge in [0.15, 0.2) is 0 Å². The minimum Gasteiger partial charge on any atom is -0.496 e. The minimum atomic E-state index is -0.0216. The molecule has 2 aromatic rings. The number of methoxy groups -OCH3 is 1. The predicted octanol–water partition coefficient (Wildman–Crippen LogP) is 3.59. The highest BCUT2D eigenvalue weighted by Crippen LogP contribution is 2.40. The molecule has 1 heterocycles. The van der Waals surface area contributed by atoms with Crippen molar-refractivity contribution in [2.45, 2.75) is 12.5 Å². The SMILES string of the molecule is CNC(c1ccccc1OC)c1cc(Cl)cc2c1OCC2. The molecule has 1 atom stereocenters. The second-order valence-corrected chi connectivity index (χ2v) is 5.48. The number of para-hydroxylation sites is 1. The van der Waals surface area contributed by atoms with Crippen LogP contribution in [0.2, 0.25) is 5.02 Å². The highest BCUT2D eigenvalue weighted by molar-refractivity contribution is 6.30. The number of halogens is 1. The Kier molecular flexibility index (Phi) is 4.04. The van der Waals surface area contributed by atoms with Gasteiger partial charge in [-0.2, -0.15) is 0 Å². The first-order chi connectivity index (χ1) is 10.2. The lowest BCUT2D eigenvalue weighted by molar-refractivity contribution is 0.350. The number of nitrogens with one attached hydrogen (secondary N) is 1. The van der Waals surface area contributed by atoms with E-state index in [1.807, 2.05) is 37.4 Å². The molecule has 0 saturated carbocycles. The number of ether oxygens (including phenoxy) is 2. The molecule has 0 radical (unpaired) electrons. The van der Waals surface area contributed by atoms with E-state index < -0.39 is 0 Å². The Balaban J connectivity index is 2.13. The van der Waals surface area contributed by atoms with Crippen molar-refractivity contribution in [3.8, 4) is 11.5 Å². The summed E-state index contributed by atoms with van der Waals surface area (Å²) in [6, 6.07) is 11.9. The summed E-state index contributed by atoms with van der Waals surface area (Å²) in [7, 11) is 3.61. The van der Waals surface area contributed by atoms with Gasteiger partial charge < -0.3 is 14.8 Å². The zero-order valence-electron chi connectivity index (χ0n) is 12.2. The first-order valence-electron chi connectivity index (χ1n) is 7.00. The topological polar surface area (TPSA) is 30.5 Å². The largest absolute Gasteiger partial charge is 0.496 e. The second kappa shape index (κ2) is 5.96. The summed E-state index contributed by atoms with van der Waals surface area (Å²) in [5.41, 5.74) is 3.30. The summed E-state index contributed by atoms with van der Waals surface area (Å²) in [5.74, 6) is 1.80. The molecule has 0 bridgehead atoms.